The Morgan fingerprint density at radius 2 is 1.78 bits per heavy atom. The van der Waals surface area contributed by atoms with Crippen molar-refractivity contribution in [3.8, 4) is 0 Å². The average molecular weight is 254 g/mol. The van der Waals surface area contributed by atoms with Crippen molar-refractivity contribution >= 4 is 5.91 Å². The summed E-state index contributed by atoms with van der Waals surface area (Å²) in [7, 11) is 2.01. The number of rotatable bonds is 7. The van der Waals surface area contributed by atoms with E-state index in [4.69, 9.17) is 0 Å². The second kappa shape index (κ2) is 8.52. The van der Waals surface area contributed by atoms with Crippen molar-refractivity contribution < 1.29 is 4.79 Å². The van der Waals surface area contributed by atoms with Crippen LogP contribution in [0.2, 0.25) is 0 Å². The molecule has 1 heterocycles. The van der Waals surface area contributed by atoms with E-state index in [0.29, 0.717) is 5.91 Å². The molecule has 0 bridgehead atoms. The van der Waals surface area contributed by atoms with Crippen LogP contribution in [0.5, 0.6) is 0 Å². The van der Waals surface area contributed by atoms with Crippen LogP contribution in [-0.4, -0.2) is 37.5 Å². The lowest BCUT2D eigenvalue weighted by molar-refractivity contribution is -0.137. The van der Waals surface area contributed by atoms with Crippen molar-refractivity contribution in [2.75, 3.05) is 26.7 Å². The molecule has 0 unspecified atom stereocenters. The largest absolute Gasteiger partial charge is 0.342 e. The maximum absolute atomic E-state index is 12.5. The maximum atomic E-state index is 12.5. The Morgan fingerprint density at radius 3 is 2.22 bits per heavy atom. The molecule has 18 heavy (non-hydrogen) atoms. The Kier molecular flexibility index (Phi) is 7.33. The number of hydrogen-bond acceptors (Lipinski definition) is 2. The van der Waals surface area contributed by atoms with Crippen molar-refractivity contribution in [2.45, 2.75) is 52.4 Å². The fraction of sp³-hybridized carbons (Fsp3) is 0.933. The van der Waals surface area contributed by atoms with Crippen LogP contribution in [0.15, 0.2) is 0 Å². The summed E-state index contributed by atoms with van der Waals surface area (Å²) in [4.78, 5) is 14.6. The standard InChI is InChI=1S/C15H30N2O/c1-4-6-14(7-5-2)15(18)17-10-8-13(9-11-17)12-16-3/h13-14,16H,4-12H2,1-3H3. The molecule has 3 nitrogen and oxygen atoms in total. The monoisotopic (exact) mass is 254 g/mol. The minimum Gasteiger partial charge on any atom is -0.342 e. The Hall–Kier alpha value is -0.570. The van der Waals surface area contributed by atoms with E-state index in [2.05, 4.69) is 24.1 Å². The summed E-state index contributed by atoms with van der Waals surface area (Å²) in [6.07, 6.45) is 6.68. The summed E-state index contributed by atoms with van der Waals surface area (Å²) in [6.45, 7) is 7.38. The van der Waals surface area contributed by atoms with Crippen molar-refractivity contribution in [3.63, 3.8) is 0 Å². The van der Waals surface area contributed by atoms with Gasteiger partial charge in [-0.3, -0.25) is 4.79 Å². The molecule has 0 radical (unpaired) electrons. The lowest BCUT2D eigenvalue weighted by atomic mass is 9.93. The molecule has 0 atom stereocenters. The van der Waals surface area contributed by atoms with Crippen LogP contribution in [-0.2, 0) is 4.79 Å². The van der Waals surface area contributed by atoms with Gasteiger partial charge < -0.3 is 10.2 Å². The zero-order valence-corrected chi connectivity index (χ0v) is 12.4. The van der Waals surface area contributed by atoms with E-state index in [1.54, 1.807) is 0 Å². The van der Waals surface area contributed by atoms with E-state index in [1.165, 1.54) is 0 Å². The van der Waals surface area contributed by atoms with Gasteiger partial charge in [0, 0.05) is 19.0 Å². The third-order valence-electron chi connectivity index (χ3n) is 4.04. The fourth-order valence-electron chi connectivity index (χ4n) is 2.99. The molecule has 1 saturated heterocycles. The first-order valence-electron chi connectivity index (χ1n) is 7.66. The summed E-state index contributed by atoms with van der Waals surface area (Å²) in [5, 5.41) is 3.24. The van der Waals surface area contributed by atoms with Crippen LogP contribution in [0.3, 0.4) is 0 Å². The van der Waals surface area contributed by atoms with E-state index in [-0.39, 0.29) is 5.92 Å². The lowest BCUT2D eigenvalue weighted by Gasteiger charge is -2.34. The Bertz CT molecular complexity index is 229. The summed E-state index contributed by atoms with van der Waals surface area (Å²) in [6, 6.07) is 0. The number of nitrogens with zero attached hydrogens (tertiary/aromatic N) is 1. The van der Waals surface area contributed by atoms with Gasteiger partial charge in [-0.1, -0.05) is 26.7 Å². The molecular formula is C15H30N2O. The third-order valence-corrected chi connectivity index (χ3v) is 4.04. The van der Waals surface area contributed by atoms with Crippen LogP contribution < -0.4 is 5.32 Å². The molecule has 1 N–H and O–H groups in total. The van der Waals surface area contributed by atoms with Gasteiger partial charge in [-0.25, -0.2) is 0 Å². The Balaban J connectivity index is 2.41. The van der Waals surface area contributed by atoms with Gasteiger partial charge in [0.15, 0.2) is 0 Å². The molecule has 0 aliphatic carbocycles. The number of amides is 1. The Labute approximate surface area is 112 Å². The van der Waals surface area contributed by atoms with Gasteiger partial charge >= 0.3 is 0 Å². The molecule has 0 spiro atoms. The molecule has 1 fully saturated rings. The van der Waals surface area contributed by atoms with Crippen LogP contribution in [0.4, 0.5) is 0 Å². The molecule has 3 heteroatoms. The molecule has 0 aromatic carbocycles. The lowest BCUT2D eigenvalue weighted by Crippen LogP contribution is -2.43. The molecule has 1 rings (SSSR count). The van der Waals surface area contributed by atoms with Crippen molar-refractivity contribution in [2.24, 2.45) is 11.8 Å². The van der Waals surface area contributed by atoms with Crippen molar-refractivity contribution in [1.29, 1.82) is 0 Å². The maximum Gasteiger partial charge on any atom is 0.225 e. The smallest absolute Gasteiger partial charge is 0.225 e. The number of carbonyl (C=O) groups excluding carboxylic acids is 1. The summed E-state index contributed by atoms with van der Waals surface area (Å²) in [5.74, 6) is 1.46. The minimum atomic E-state index is 0.279. The zero-order chi connectivity index (χ0) is 13.4. The van der Waals surface area contributed by atoms with Crippen LogP contribution in [0.25, 0.3) is 0 Å². The molecule has 106 valence electrons. The molecular weight excluding hydrogens is 224 g/mol. The molecule has 0 saturated carbocycles. The van der Waals surface area contributed by atoms with Crippen LogP contribution in [0.1, 0.15) is 52.4 Å². The SMILES string of the molecule is CCCC(CCC)C(=O)N1CCC(CNC)CC1. The summed E-state index contributed by atoms with van der Waals surface area (Å²) in [5.41, 5.74) is 0. The van der Waals surface area contributed by atoms with E-state index in [0.717, 1.165) is 64.1 Å². The van der Waals surface area contributed by atoms with Crippen molar-refractivity contribution in [3.05, 3.63) is 0 Å². The number of nitrogens with one attached hydrogen (secondary N) is 1. The number of piperidine rings is 1. The molecule has 0 aromatic rings. The van der Waals surface area contributed by atoms with E-state index in [9.17, 15) is 4.79 Å². The van der Waals surface area contributed by atoms with E-state index < -0.39 is 0 Å². The first-order chi connectivity index (χ1) is 8.72. The minimum absolute atomic E-state index is 0.279. The van der Waals surface area contributed by atoms with E-state index >= 15 is 0 Å². The highest BCUT2D eigenvalue weighted by atomic mass is 16.2. The summed E-state index contributed by atoms with van der Waals surface area (Å²) < 4.78 is 0. The van der Waals surface area contributed by atoms with Crippen LogP contribution in [0, 0.1) is 11.8 Å². The quantitative estimate of drug-likeness (QED) is 0.757. The highest BCUT2D eigenvalue weighted by molar-refractivity contribution is 5.78. The third kappa shape index (κ3) is 4.60. The number of likely N-dealkylation sites (tertiary alicyclic amines) is 1. The normalized spacial score (nSPS) is 17.4. The van der Waals surface area contributed by atoms with Gasteiger partial charge in [-0.15, -0.1) is 0 Å². The van der Waals surface area contributed by atoms with Gasteiger partial charge in [0.2, 0.25) is 5.91 Å². The van der Waals surface area contributed by atoms with Crippen molar-refractivity contribution in [1.82, 2.24) is 10.2 Å². The Morgan fingerprint density at radius 1 is 1.22 bits per heavy atom. The fourth-order valence-corrected chi connectivity index (χ4v) is 2.99. The van der Waals surface area contributed by atoms with Gasteiger partial charge in [0.1, 0.15) is 0 Å². The highest BCUT2D eigenvalue weighted by Gasteiger charge is 2.26. The second-order valence-corrected chi connectivity index (χ2v) is 5.60. The van der Waals surface area contributed by atoms with E-state index in [1.807, 2.05) is 7.05 Å². The van der Waals surface area contributed by atoms with Gasteiger partial charge in [-0.2, -0.15) is 0 Å². The predicted octanol–water partition coefficient (Wildman–Crippen LogP) is 2.66. The molecule has 1 aliphatic rings. The van der Waals surface area contributed by atoms with Gasteiger partial charge in [0.25, 0.3) is 0 Å². The molecule has 1 aliphatic heterocycles. The van der Waals surface area contributed by atoms with Gasteiger partial charge in [0.05, 0.1) is 0 Å². The first-order valence-corrected chi connectivity index (χ1v) is 7.66. The number of carbonyl (C=O) groups is 1. The molecule has 1 amide bonds. The number of hydrogen-bond donors (Lipinski definition) is 1. The van der Waals surface area contributed by atoms with Crippen LogP contribution >= 0.6 is 0 Å². The highest BCUT2D eigenvalue weighted by Crippen LogP contribution is 2.22. The average Bonchev–Trinajstić information content (AvgIpc) is 2.39. The topological polar surface area (TPSA) is 32.3 Å². The predicted molar refractivity (Wildman–Crippen MR) is 76.5 cm³/mol. The first kappa shape index (κ1) is 15.5. The van der Waals surface area contributed by atoms with Gasteiger partial charge in [-0.05, 0) is 45.2 Å². The summed E-state index contributed by atoms with van der Waals surface area (Å²) >= 11 is 0. The zero-order valence-electron chi connectivity index (χ0n) is 12.4. The second-order valence-electron chi connectivity index (χ2n) is 5.60. The molecule has 0 aromatic heterocycles.